The predicted octanol–water partition coefficient (Wildman–Crippen LogP) is 4.47. The molecule has 0 bridgehead atoms. The third-order valence-electron chi connectivity index (χ3n) is 6.57. The van der Waals surface area contributed by atoms with Gasteiger partial charge in [-0.05, 0) is 44.0 Å². The Morgan fingerprint density at radius 3 is 2.14 bits per heavy atom. The molecule has 1 fully saturated rings. The first-order valence-electron chi connectivity index (χ1n) is 12.3. The van der Waals surface area contributed by atoms with Gasteiger partial charge in [-0.2, -0.15) is 12.7 Å². The van der Waals surface area contributed by atoms with Crippen molar-refractivity contribution in [3.8, 4) is 0 Å². The lowest BCUT2D eigenvalue weighted by molar-refractivity contribution is -0.139. The Balaban J connectivity index is 1.94. The summed E-state index contributed by atoms with van der Waals surface area (Å²) in [5, 5.41) is 3.77. The number of carbonyl (C=O) groups is 2. The quantitative estimate of drug-likeness (QED) is 0.457. The van der Waals surface area contributed by atoms with E-state index in [1.165, 1.54) is 19.0 Å². The van der Waals surface area contributed by atoms with Gasteiger partial charge in [0, 0.05) is 42.3 Å². The topological polar surface area (TPSA) is 90.0 Å². The normalized spacial score (nSPS) is 15.3. The Morgan fingerprint density at radius 2 is 1.57 bits per heavy atom. The van der Waals surface area contributed by atoms with Crippen LogP contribution >= 0.6 is 23.2 Å². The Morgan fingerprint density at radius 1 is 0.973 bits per heavy atom. The van der Waals surface area contributed by atoms with Crippen LogP contribution in [0.4, 0.5) is 5.69 Å². The van der Waals surface area contributed by atoms with Crippen LogP contribution in [0, 0.1) is 0 Å². The van der Waals surface area contributed by atoms with E-state index in [9.17, 15) is 18.0 Å². The number of carbonyl (C=O) groups excluding carboxylic acids is 2. The molecule has 2 aromatic rings. The number of hydrogen-bond donors (Lipinski definition) is 1. The minimum absolute atomic E-state index is 0.0543. The molecule has 0 heterocycles. The second-order valence-electron chi connectivity index (χ2n) is 9.37. The lowest BCUT2D eigenvalue weighted by atomic mass is 9.95. The fraction of sp³-hybridized carbons (Fsp3) is 0.462. The molecule has 0 saturated heterocycles. The summed E-state index contributed by atoms with van der Waals surface area (Å²) in [6.45, 7) is 1.07. The largest absolute Gasteiger partial charge is 0.352 e. The van der Waals surface area contributed by atoms with Crippen molar-refractivity contribution >= 4 is 50.9 Å². The molecule has 2 amide bonds. The SMILES string of the molecule is CC(C(=O)NC1CCCCC1)N(Cc1c(Cl)cccc1Cl)C(=O)CN(c1ccccc1)S(=O)(=O)N(C)C. The highest BCUT2D eigenvalue weighted by Gasteiger charge is 2.33. The van der Waals surface area contributed by atoms with Crippen molar-refractivity contribution in [1.82, 2.24) is 14.5 Å². The zero-order chi connectivity index (χ0) is 27.2. The average molecular weight is 570 g/mol. The average Bonchev–Trinajstić information content (AvgIpc) is 2.87. The summed E-state index contributed by atoms with van der Waals surface area (Å²) in [4.78, 5) is 28.4. The molecule has 1 unspecified atom stereocenters. The Kier molecular flexibility index (Phi) is 10.2. The molecule has 1 aliphatic rings. The molecule has 3 rings (SSSR count). The maximum Gasteiger partial charge on any atom is 0.304 e. The summed E-state index contributed by atoms with van der Waals surface area (Å²) in [5.41, 5.74) is 0.817. The van der Waals surface area contributed by atoms with Crippen LogP contribution in [0.2, 0.25) is 10.0 Å². The van der Waals surface area contributed by atoms with Crippen LogP contribution in [0.3, 0.4) is 0 Å². The second-order valence-corrected chi connectivity index (χ2v) is 12.3. The third kappa shape index (κ3) is 7.37. The predicted molar refractivity (Wildman–Crippen MR) is 148 cm³/mol. The molecule has 202 valence electrons. The molecular formula is C26H34Cl2N4O4S. The first kappa shape index (κ1) is 29.2. The van der Waals surface area contributed by atoms with Crippen molar-refractivity contribution in [3.05, 3.63) is 64.1 Å². The standard InChI is InChI=1S/C26H34Cl2N4O4S/c1-19(26(34)29-20-11-6-4-7-12-20)31(17-22-23(27)15-10-16-24(22)28)25(33)18-32(37(35,36)30(2)3)21-13-8-5-9-14-21/h5,8-10,13-16,19-20H,4,6-7,11-12,17-18H2,1-3H3,(H,29,34). The van der Waals surface area contributed by atoms with Crippen LogP contribution in [0.15, 0.2) is 48.5 Å². The molecule has 0 radical (unpaired) electrons. The van der Waals surface area contributed by atoms with Gasteiger partial charge >= 0.3 is 10.2 Å². The second kappa shape index (κ2) is 13.0. The van der Waals surface area contributed by atoms with Gasteiger partial charge in [-0.25, -0.2) is 4.31 Å². The van der Waals surface area contributed by atoms with E-state index in [0.29, 0.717) is 21.3 Å². The van der Waals surface area contributed by atoms with E-state index in [-0.39, 0.29) is 18.5 Å². The Hall–Kier alpha value is -2.33. The van der Waals surface area contributed by atoms with Crippen molar-refractivity contribution < 1.29 is 18.0 Å². The Bertz CT molecular complexity index is 1170. The molecule has 0 aromatic heterocycles. The lowest BCUT2D eigenvalue weighted by Gasteiger charge is -2.34. The van der Waals surface area contributed by atoms with Gasteiger partial charge in [-0.3, -0.25) is 9.59 Å². The van der Waals surface area contributed by atoms with Crippen LogP contribution in [-0.2, 0) is 26.3 Å². The Labute approximate surface area is 229 Å². The number of halogens is 2. The van der Waals surface area contributed by atoms with E-state index < -0.39 is 28.7 Å². The van der Waals surface area contributed by atoms with E-state index in [1.807, 2.05) is 0 Å². The minimum atomic E-state index is -4.01. The van der Waals surface area contributed by atoms with Gasteiger partial charge in [0.25, 0.3) is 0 Å². The summed E-state index contributed by atoms with van der Waals surface area (Å²) < 4.78 is 28.4. The number of nitrogens with zero attached hydrogens (tertiary/aromatic N) is 3. The van der Waals surface area contributed by atoms with Crippen LogP contribution in [0.25, 0.3) is 0 Å². The number of benzene rings is 2. The van der Waals surface area contributed by atoms with E-state index in [0.717, 1.165) is 40.7 Å². The highest BCUT2D eigenvalue weighted by atomic mass is 35.5. The lowest BCUT2D eigenvalue weighted by Crippen LogP contribution is -2.53. The molecule has 1 aliphatic carbocycles. The fourth-order valence-electron chi connectivity index (χ4n) is 4.32. The number of para-hydroxylation sites is 1. The molecular weight excluding hydrogens is 535 g/mol. The maximum absolute atomic E-state index is 13.8. The van der Waals surface area contributed by atoms with Crippen LogP contribution in [0.1, 0.15) is 44.6 Å². The zero-order valence-electron chi connectivity index (χ0n) is 21.4. The van der Waals surface area contributed by atoms with E-state index in [2.05, 4.69) is 5.32 Å². The van der Waals surface area contributed by atoms with Crippen LogP contribution in [-0.4, -0.2) is 62.2 Å². The van der Waals surface area contributed by atoms with Gasteiger partial charge in [0.2, 0.25) is 11.8 Å². The van der Waals surface area contributed by atoms with Crippen molar-refractivity contribution in [1.29, 1.82) is 0 Å². The number of rotatable bonds is 10. The van der Waals surface area contributed by atoms with Gasteiger partial charge in [0.1, 0.15) is 12.6 Å². The number of nitrogens with one attached hydrogen (secondary N) is 1. The van der Waals surface area contributed by atoms with Gasteiger partial charge < -0.3 is 10.2 Å². The number of hydrogen-bond acceptors (Lipinski definition) is 4. The van der Waals surface area contributed by atoms with Gasteiger partial charge in [-0.1, -0.05) is 66.7 Å². The molecule has 1 N–H and O–H groups in total. The summed E-state index contributed by atoms with van der Waals surface area (Å²) in [6.07, 6.45) is 5.03. The first-order chi connectivity index (χ1) is 17.5. The summed E-state index contributed by atoms with van der Waals surface area (Å²) >= 11 is 12.8. The van der Waals surface area contributed by atoms with Crippen molar-refractivity contribution in [2.75, 3.05) is 24.9 Å². The number of amides is 2. The minimum Gasteiger partial charge on any atom is -0.352 e. The summed E-state index contributed by atoms with van der Waals surface area (Å²) in [7, 11) is -1.21. The molecule has 11 heteroatoms. The third-order valence-corrected chi connectivity index (χ3v) is 9.10. The molecule has 1 saturated carbocycles. The van der Waals surface area contributed by atoms with E-state index in [1.54, 1.807) is 55.5 Å². The zero-order valence-corrected chi connectivity index (χ0v) is 23.7. The van der Waals surface area contributed by atoms with E-state index >= 15 is 0 Å². The van der Waals surface area contributed by atoms with Gasteiger partial charge in [-0.15, -0.1) is 0 Å². The molecule has 8 nitrogen and oxygen atoms in total. The first-order valence-corrected chi connectivity index (χ1v) is 14.5. The highest BCUT2D eigenvalue weighted by molar-refractivity contribution is 7.90. The monoisotopic (exact) mass is 568 g/mol. The molecule has 0 spiro atoms. The van der Waals surface area contributed by atoms with Gasteiger partial charge in [0.05, 0.1) is 5.69 Å². The highest BCUT2D eigenvalue weighted by Crippen LogP contribution is 2.27. The maximum atomic E-state index is 13.8. The molecule has 2 aromatic carbocycles. The van der Waals surface area contributed by atoms with Crippen LogP contribution < -0.4 is 9.62 Å². The van der Waals surface area contributed by atoms with Gasteiger partial charge in [0.15, 0.2) is 0 Å². The summed E-state index contributed by atoms with van der Waals surface area (Å²) in [6, 6.07) is 12.6. The fourth-order valence-corrected chi connectivity index (χ4v) is 5.89. The van der Waals surface area contributed by atoms with Crippen LogP contribution in [0.5, 0.6) is 0 Å². The van der Waals surface area contributed by atoms with Crippen molar-refractivity contribution in [3.63, 3.8) is 0 Å². The van der Waals surface area contributed by atoms with E-state index in [4.69, 9.17) is 23.2 Å². The molecule has 0 aliphatic heterocycles. The number of anilines is 1. The summed E-state index contributed by atoms with van der Waals surface area (Å²) in [5.74, 6) is -0.860. The molecule has 37 heavy (non-hydrogen) atoms. The molecule has 1 atom stereocenters. The van der Waals surface area contributed by atoms with Crippen molar-refractivity contribution in [2.24, 2.45) is 0 Å². The van der Waals surface area contributed by atoms with Crippen molar-refractivity contribution in [2.45, 2.75) is 57.7 Å². The smallest absolute Gasteiger partial charge is 0.304 e.